The lowest BCUT2D eigenvalue weighted by Crippen LogP contribution is -2.10. The van der Waals surface area contributed by atoms with Gasteiger partial charge in [-0.15, -0.1) is 0 Å². The monoisotopic (exact) mass is 822 g/mol. The molecule has 0 aliphatic carbocycles. The van der Waals surface area contributed by atoms with Crippen LogP contribution in [0, 0.1) is 0 Å². The van der Waals surface area contributed by atoms with Crippen molar-refractivity contribution >= 4 is 32.7 Å². The van der Waals surface area contributed by atoms with Crippen molar-refractivity contribution in [3.05, 3.63) is 181 Å². The maximum absolute atomic E-state index is 5.39. The van der Waals surface area contributed by atoms with E-state index in [2.05, 4.69) is 240 Å². The highest BCUT2D eigenvalue weighted by Crippen LogP contribution is 2.38. The number of benzene rings is 4. The fourth-order valence-electron chi connectivity index (χ4n) is 9.13. The third-order valence-electron chi connectivity index (χ3n) is 12.3. The predicted octanol–water partition coefficient (Wildman–Crippen LogP) is 14.6. The third-order valence-corrected chi connectivity index (χ3v) is 12.3. The van der Waals surface area contributed by atoms with E-state index in [0.29, 0.717) is 0 Å². The first-order valence-corrected chi connectivity index (χ1v) is 22.0. The molecule has 0 atom stereocenters. The number of aromatic nitrogens is 6. The number of rotatable bonds is 6. The third kappa shape index (κ3) is 7.23. The van der Waals surface area contributed by atoms with Crippen LogP contribution in [0.1, 0.15) is 79.0 Å². The van der Waals surface area contributed by atoms with Crippen LogP contribution in [-0.4, -0.2) is 28.7 Å². The SMILES string of the molecule is CC(C)(C)c1cn(-c2cccc(-c3cc(-c4cccc(-n5cc(C(C)(C)C)c6ccccc65)n4)cc(-c4cccc(-n5cc(C(C)(C)C)c6ccccc65)n4)c3)n2)c2ccccc12. The highest BCUT2D eigenvalue weighted by Gasteiger charge is 2.24. The number of nitrogens with zero attached hydrogens (tertiary/aromatic N) is 6. The molecule has 0 amide bonds. The van der Waals surface area contributed by atoms with Crippen LogP contribution < -0.4 is 0 Å². The van der Waals surface area contributed by atoms with Crippen molar-refractivity contribution in [1.29, 1.82) is 0 Å². The molecule has 0 fully saturated rings. The van der Waals surface area contributed by atoms with Crippen LogP contribution in [-0.2, 0) is 16.2 Å². The molecule has 6 nitrogen and oxygen atoms in total. The zero-order valence-electron chi connectivity index (χ0n) is 37.8. The van der Waals surface area contributed by atoms with E-state index < -0.39 is 0 Å². The Balaban J connectivity index is 1.15. The van der Waals surface area contributed by atoms with Gasteiger partial charge in [-0.2, -0.15) is 0 Å². The van der Waals surface area contributed by atoms with E-state index in [1.807, 2.05) is 0 Å². The second-order valence-electron chi connectivity index (χ2n) is 20.0. The average molecular weight is 823 g/mol. The van der Waals surface area contributed by atoms with Gasteiger partial charge in [0.2, 0.25) is 0 Å². The molecule has 0 spiro atoms. The molecule has 10 aromatic rings. The summed E-state index contributed by atoms with van der Waals surface area (Å²) >= 11 is 0. The van der Waals surface area contributed by atoms with Gasteiger partial charge in [0, 0.05) is 51.4 Å². The Bertz CT molecular complexity index is 2980. The molecule has 63 heavy (non-hydrogen) atoms. The molecule has 10 rings (SSSR count). The molecule has 0 N–H and O–H groups in total. The summed E-state index contributed by atoms with van der Waals surface area (Å²) < 4.78 is 6.71. The Hall–Kier alpha value is -7.05. The van der Waals surface area contributed by atoms with Crippen LogP contribution in [0.3, 0.4) is 0 Å². The number of hydrogen-bond donors (Lipinski definition) is 0. The van der Waals surface area contributed by atoms with E-state index in [4.69, 9.17) is 15.0 Å². The fraction of sp³-hybridized carbons (Fsp3) is 0.211. The van der Waals surface area contributed by atoms with Crippen molar-refractivity contribution in [2.75, 3.05) is 0 Å². The van der Waals surface area contributed by atoms with Crippen LogP contribution in [0.15, 0.2) is 164 Å². The minimum Gasteiger partial charge on any atom is -0.301 e. The Kier molecular flexibility index (Phi) is 9.41. The molecular formula is C57H54N6. The van der Waals surface area contributed by atoms with Crippen molar-refractivity contribution in [2.45, 2.75) is 78.6 Å². The molecule has 0 saturated heterocycles. The van der Waals surface area contributed by atoms with E-state index in [1.165, 1.54) is 32.8 Å². The van der Waals surface area contributed by atoms with Crippen LogP contribution in [0.5, 0.6) is 0 Å². The van der Waals surface area contributed by atoms with Crippen LogP contribution in [0.25, 0.3) is 83.9 Å². The zero-order chi connectivity index (χ0) is 43.8. The van der Waals surface area contributed by atoms with Crippen LogP contribution >= 0.6 is 0 Å². The second kappa shape index (κ2) is 14.8. The molecule has 0 saturated carbocycles. The molecule has 0 unspecified atom stereocenters. The van der Waals surface area contributed by atoms with Crippen molar-refractivity contribution in [1.82, 2.24) is 28.7 Å². The minimum atomic E-state index is -0.0305. The van der Waals surface area contributed by atoms with Gasteiger partial charge < -0.3 is 13.7 Å². The quantitative estimate of drug-likeness (QED) is 0.168. The highest BCUT2D eigenvalue weighted by atomic mass is 15.1. The Labute approximate surface area is 370 Å². The Morgan fingerprint density at radius 3 is 0.857 bits per heavy atom. The van der Waals surface area contributed by atoms with Gasteiger partial charge in [-0.25, -0.2) is 15.0 Å². The number of pyridine rings is 3. The summed E-state index contributed by atoms with van der Waals surface area (Å²) in [5.74, 6) is 2.61. The fourth-order valence-corrected chi connectivity index (χ4v) is 9.13. The smallest absolute Gasteiger partial charge is 0.137 e. The van der Waals surface area contributed by atoms with E-state index in [0.717, 1.165) is 67.8 Å². The van der Waals surface area contributed by atoms with Crippen LogP contribution in [0.4, 0.5) is 0 Å². The van der Waals surface area contributed by atoms with E-state index in [9.17, 15) is 0 Å². The summed E-state index contributed by atoms with van der Waals surface area (Å²) in [7, 11) is 0. The summed E-state index contributed by atoms with van der Waals surface area (Å²) in [5.41, 5.74) is 12.8. The summed E-state index contributed by atoms with van der Waals surface area (Å²) in [6.07, 6.45) is 6.78. The summed E-state index contributed by atoms with van der Waals surface area (Å²) in [4.78, 5) is 16.2. The molecule has 0 aliphatic rings. The molecule has 0 aliphatic heterocycles. The molecule has 0 bridgehead atoms. The van der Waals surface area contributed by atoms with Crippen LogP contribution in [0.2, 0.25) is 0 Å². The first kappa shape index (κ1) is 40.0. The van der Waals surface area contributed by atoms with Crippen molar-refractivity contribution in [3.63, 3.8) is 0 Å². The Morgan fingerprint density at radius 1 is 0.317 bits per heavy atom. The first-order chi connectivity index (χ1) is 30.1. The predicted molar refractivity (Wildman–Crippen MR) is 263 cm³/mol. The van der Waals surface area contributed by atoms with Gasteiger partial charge in [0.25, 0.3) is 0 Å². The highest BCUT2D eigenvalue weighted by molar-refractivity contribution is 5.89. The molecule has 0 radical (unpaired) electrons. The summed E-state index contributed by atoms with van der Waals surface area (Å²) in [6, 6.07) is 51.5. The standard InChI is InChI=1S/C57H54N6/c1-55(2,3)43-34-61(49-25-13-10-19-40(43)49)52-28-16-22-46(58-52)37-31-38(47-23-17-29-53(59-47)62-35-44(56(4,5)6)41-20-11-14-26-50(41)62)33-39(32-37)48-24-18-30-54(60-48)63-36-45(57(7,8)9)42-21-12-15-27-51(42)63/h10-36H,1-9H3. The van der Waals surface area contributed by atoms with Gasteiger partial charge >= 0.3 is 0 Å². The van der Waals surface area contributed by atoms with Gasteiger partial charge in [0.1, 0.15) is 17.5 Å². The van der Waals surface area contributed by atoms with E-state index in [-0.39, 0.29) is 16.2 Å². The van der Waals surface area contributed by atoms with E-state index in [1.54, 1.807) is 0 Å². The largest absolute Gasteiger partial charge is 0.301 e. The van der Waals surface area contributed by atoms with Gasteiger partial charge in [-0.1, -0.05) is 135 Å². The van der Waals surface area contributed by atoms with Crippen molar-refractivity contribution in [3.8, 4) is 51.2 Å². The molecule has 312 valence electrons. The molecular weight excluding hydrogens is 769 g/mol. The molecule has 6 heteroatoms. The first-order valence-electron chi connectivity index (χ1n) is 22.0. The lowest BCUT2D eigenvalue weighted by Gasteiger charge is -2.17. The normalized spacial score (nSPS) is 12.5. The molecule has 6 heterocycles. The maximum atomic E-state index is 5.39. The average Bonchev–Trinajstić information content (AvgIpc) is 3.99. The van der Waals surface area contributed by atoms with Crippen molar-refractivity contribution in [2.24, 2.45) is 0 Å². The lowest BCUT2D eigenvalue weighted by molar-refractivity contribution is 0.594. The number of hydrogen-bond acceptors (Lipinski definition) is 3. The van der Waals surface area contributed by atoms with Gasteiger partial charge in [-0.3, -0.25) is 0 Å². The minimum absolute atomic E-state index is 0.0305. The van der Waals surface area contributed by atoms with Gasteiger partial charge in [0.05, 0.1) is 33.6 Å². The summed E-state index contributed by atoms with van der Waals surface area (Å²) in [6.45, 7) is 20.4. The summed E-state index contributed by atoms with van der Waals surface area (Å²) in [5, 5.41) is 3.73. The second-order valence-corrected chi connectivity index (χ2v) is 20.0. The van der Waals surface area contributed by atoms with Crippen molar-refractivity contribution < 1.29 is 0 Å². The number of fused-ring (bicyclic) bond motifs is 3. The van der Waals surface area contributed by atoms with E-state index >= 15 is 0 Å². The van der Waals surface area contributed by atoms with Gasteiger partial charge in [-0.05, 0) is 106 Å². The zero-order valence-corrected chi connectivity index (χ0v) is 37.8. The number of para-hydroxylation sites is 3. The van der Waals surface area contributed by atoms with Gasteiger partial charge in [0.15, 0.2) is 0 Å². The molecule has 4 aromatic carbocycles. The lowest BCUT2D eigenvalue weighted by atomic mass is 9.87. The topological polar surface area (TPSA) is 53.5 Å². The molecule has 6 aromatic heterocycles. The Morgan fingerprint density at radius 2 is 0.587 bits per heavy atom. The maximum Gasteiger partial charge on any atom is 0.137 e.